The second-order valence-electron chi connectivity index (χ2n) is 7.33. The summed E-state index contributed by atoms with van der Waals surface area (Å²) in [4.78, 5) is 40.6. The number of anilines is 1. The summed E-state index contributed by atoms with van der Waals surface area (Å²) in [6, 6.07) is 14.5. The van der Waals surface area contributed by atoms with Gasteiger partial charge in [-0.05, 0) is 30.2 Å². The molecule has 154 valence electrons. The van der Waals surface area contributed by atoms with E-state index in [9.17, 15) is 14.4 Å². The largest absolute Gasteiger partial charge is 0.369 e. The van der Waals surface area contributed by atoms with E-state index < -0.39 is 5.92 Å². The van der Waals surface area contributed by atoms with Gasteiger partial charge in [-0.25, -0.2) is 0 Å². The lowest BCUT2D eigenvalue weighted by molar-refractivity contribution is -0.132. The number of rotatable bonds is 6. The molecule has 1 atom stereocenters. The van der Waals surface area contributed by atoms with E-state index in [1.807, 2.05) is 31.2 Å². The Morgan fingerprint density at radius 2 is 1.97 bits per heavy atom. The molecule has 2 aliphatic rings. The molecule has 30 heavy (non-hydrogen) atoms. The molecule has 2 N–H and O–H groups in total. The molecule has 1 fully saturated rings. The molecule has 2 aromatic rings. The smallest absolute Gasteiger partial charge is 0.236 e. The fourth-order valence-electron chi connectivity index (χ4n) is 3.99. The summed E-state index contributed by atoms with van der Waals surface area (Å²) < 4.78 is 0.940. The Hall–Kier alpha value is -2.93. The van der Waals surface area contributed by atoms with Gasteiger partial charge in [0, 0.05) is 35.2 Å². The predicted molar refractivity (Wildman–Crippen MR) is 118 cm³/mol. The first-order valence-electron chi connectivity index (χ1n) is 9.97. The minimum absolute atomic E-state index is 0.0758. The molecule has 6 nitrogen and oxygen atoms in total. The van der Waals surface area contributed by atoms with Gasteiger partial charge in [-0.15, -0.1) is 0 Å². The van der Waals surface area contributed by atoms with Crippen molar-refractivity contribution in [3.8, 4) is 0 Å². The molecule has 0 saturated carbocycles. The maximum absolute atomic E-state index is 13.2. The zero-order valence-electron chi connectivity index (χ0n) is 16.6. The van der Waals surface area contributed by atoms with E-state index in [-0.39, 0.29) is 24.0 Å². The molecule has 0 aliphatic carbocycles. The zero-order valence-corrected chi connectivity index (χ0v) is 18.2. The van der Waals surface area contributed by atoms with Gasteiger partial charge in [0.1, 0.15) is 5.82 Å². The van der Waals surface area contributed by atoms with E-state index in [1.54, 1.807) is 29.2 Å². The third kappa shape index (κ3) is 3.77. The monoisotopic (exact) mass is 467 g/mol. The number of ketones is 1. The van der Waals surface area contributed by atoms with Gasteiger partial charge in [-0.3, -0.25) is 19.3 Å². The first-order chi connectivity index (χ1) is 14.5. The fourth-order valence-corrected chi connectivity index (χ4v) is 4.40. The van der Waals surface area contributed by atoms with Crippen LogP contribution in [-0.4, -0.2) is 35.6 Å². The quantitative estimate of drug-likeness (QED) is 0.637. The number of amides is 2. The topological polar surface area (TPSA) is 78.5 Å². The number of hydrogen-bond donors (Lipinski definition) is 2. The number of carbonyl (C=O) groups excluding carboxylic acids is 3. The molecule has 7 heteroatoms. The van der Waals surface area contributed by atoms with Gasteiger partial charge in [0.2, 0.25) is 11.8 Å². The highest BCUT2D eigenvalue weighted by molar-refractivity contribution is 9.10. The van der Waals surface area contributed by atoms with Crippen LogP contribution in [0, 0.1) is 5.92 Å². The Bertz CT molecular complexity index is 1050. The van der Waals surface area contributed by atoms with Crippen molar-refractivity contribution in [1.82, 2.24) is 10.2 Å². The van der Waals surface area contributed by atoms with E-state index in [0.717, 1.165) is 22.1 Å². The summed E-state index contributed by atoms with van der Waals surface area (Å²) in [6.07, 6.45) is 0.685. The van der Waals surface area contributed by atoms with Gasteiger partial charge in [0.25, 0.3) is 0 Å². The van der Waals surface area contributed by atoms with Gasteiger partial charge in [-0.1, -0.05) is 53.2 Å². The van der Waals surface area contributed by atoms with Crippen molar-refractivity contribution < 1.29 is 14.4 Å². The number of nitrogens with one attached hydrogen (secondary N) is 2. The summed E-state index contributed by atoms with van der Waals surface area (Å²) >= 11 is 3.44. The molecule has 2 aromatic carbocycles. The minimum atomic E-state index is -0.791. The van der Waals surface area contributed by atoms with Crippen LogP contribution in [0.4, 0.5) is 5.69 Å². The van der Waals surface area contributed by atoms with Crippen LogP contribution in [0.3, 0.4) is 0 Å². The molecule has 0 spiro atoms. The number of hydrogen-bond acceptors (Lipinski definition) is 4. The molecule has 4 rings (SSSR count). The summed E-state index contributed by atoms with van der Waals surface area (Å²) in [5, 5.41) is 6.07. The molecular weight excluding hydrogens is 446 g/mol. The first kappa shape index (κ1) is 20.3. The van der Waals surface area contributed by atoms with E-state index >= 15 is 0 Å². The second-order valence-corrected chi connectivity index (χ2v) is 8.25. The molecule has 0 radical (unpaired) electrons. The summed E-state index contributed by atoms with van der Waals surface area (Å²) in [5.74, 6) is -0.946. The highest BCUT2D eigenvalue weighted by Gasteiger charge is 2.45. The normalized spacial score (nSPS) is 17.7. The predicted octanol–water partition coefficient (Wildman–Crippen LogP) is 3.50. The Labute approximate surface area is 183 Å². The van der Waals surface area contributed by atoms with Crippen LogP contribution in [-0.2, 0) is 16.0 Å². The lowest BCUT2D eigenvalue weighted by Crippen LogP contribution is -2.30. The van der Waals surface area contributed by atoms with Gasteiger partial charge in [0.05, 0.1) is 11.5 Å². The van der Waals surface area contributed by atoms with E-state index in [2.05, 4.69) is 26.6 Å². The van der Waals surface area contributed by atoms with Gasteiger partial charge in [0.15, 0.2) is 5.78 Å². The third-order valence-electron chi connectivity index (χ3n) is 5.46. The van der Waals surface area contributed by atoms with Crippen LogP contribution >= 0.6 is 15.9 Å². The number of benzene rings is 2. The average molecular weight is 468 g/mol. The molecule has 2 heterocycles. The Morgan fingerprint density at radius 1 is 1.20 bits per heavy atom. The molecule has 2 amide bonds. The van der Waals surface area contributed by atoms with E-state index in [1.165, 1.54) is 0 Å². The van der Waals surface area contributed by atoms with Crippen LogP contribution in [0.15, 0.2) is 64.4 Å². The zero-order chi connectivity index (χ0) is 21.3. The molecular formula is C23H22BrN3O3. The number of halogens is 1. The number of aryl methyl sites for hydroxylation is 1. The van der Waals surface area contributed by atoms with Crippen LogP contribution in [0.1, 0.15) is 29.3 Å². The van der Waals surface area contributed by atoms with Crippen LogP contribution < -0.4 is 10.6 Å². The summed E-state index contributed by atoms with van der Waals surface area (Å²) in [7, 11) is 0. The molecule has 2 aliphatic heterocycles. The molecule has 1 unspecified atom stereocenters. The standard InChI is InChI=1S/C23H22BrN3O3/c1-2-14-12-16(24)8-9-18(14)26-19(28)13-17-20(21(29)15-6-4-3-5-7-15)22-25-10-11-27(22)23(17)30/h3-9,12,17,25H,2,10-11,13H2,1H3,(H,26,28). The van der Waals surface area contributed by atoms with Crippen molar-refractivity contribution in [2.24, 2.45) is 5.92 Å². The number of Topliss-reactive ketones (excluding diaryl/α,β-unsaturated/α-hetero) is 1. The Morgan fingerprint density at radius 3 is 2.70 bits per heavy atom. The molecule has 0 bridgehead atoms. The van der Waals surface area contributed by atoms with Gasteiger partial charge >= 0.3 is 0 Å². The van der Waals surface area contributed by atoms with Gasteiger partial charge < -0.3 is 10.6 Å². The molecule has 0 aromatic heterocycles. The van der Waals surface area contributed by atoms with Crippen LogP contribution in [0.5, 0.6) is 0 Å². The third-order valence-corrected chi connectivity index (χ3v) is 5.95. The Kier molecular flexibility index (Phi) is 5.72. The summed E-state index contributed by atoms with van der Waals surface area (Å²) in [5.41, 5.74) is 2.61. The lowest BCUT2D eigenvalue weighted by Gasteiger charge is -2.15. The van der Waals surface area contributed by atoms with Crippen LogP contribution in [0.2, 0.25) is 0 Å². The van der Waals surface area contributed by atoms with Crippen molar-refractivity contribution >= 4 is 39.2 Å². The average Bonchev–Trinajstić information content (AvgIpc) is 3.32. The highest BCUT2D eigenvalue weighted by atomic mass is 79.9. The van der Waals surface area contributed by atoms with Crippen LogP contribution in [0.25, 0.3) is 0 Å². The SMILES string of the molecule is CCc1cc(Br)ccc1NC(=O)CC1C(=O)N2CCNC2=C1C(=O)c1ccccc1. The van der Waals surface area contributed by atoms with Crippen molar-refractivity contribution in [3.63, 3.8) is 0 Å². The number of nitrogens with zero attached hydrogens (tertiary/aromatic N) is 1. The molecule has 1 saturated heterocycles. The lowest BCUT2D eigenvalue weighted by atomic mass is 9.90. The van der Waals surface area contributed by atoms with Crippen molar-refractivity contribution in [3.05, 3.63) is 75.5 Å². The van der Waals surface area contributed by atoms with E-state index in [0.29, 0.717) is 30.0 Å². The maximum Gasteiger partial charge on any atom is 0.236 e. The summed E-state index contributed by atoms with van der Waals surface area (Å²) in [6.45, 7) is 3.12. The maximum atomic E-state index is 13.2. The van der Waals surface area contributed by atoms with Crippen molar-refractivity contribution in [1.29, 1.82) is 0 Å². The fraction of sp³-hybridized carbons (Fsp3) is 0.261. The van der Waals surface area contributed by atoms with Gasteiger partial charge in [-0.2, -0.15) is 0 Å². The number of carbonyl (C=O) groups is 3. The Balaban J connectivity index is 1.59. The number of fused-ring (bicyclic) bond motifs is 1. The second kappa shape index (κ2) is 8.44. The minimum Gasteiger partial charge on any atom is -0.369 e. The van der Waals surface area contributed by atoms with Crippen molar-refractivity contribution in [2.75, 3.05) is 18.4 Å². The first-order valence-corrected chi connectivity index (χ1v) is 10.8. The van der Waals surface area contributed by atoms with E-state index in [4.69, 9.17) is 0 Å². The van der Waals surface area contributed by atoms with Crippen molar-refractivity contribution in [2.45, 2.75) is 19.8 Å². The highest BCUT2D eigenvalue weighted by Crippen LogP contribution is 2.35.